The second-order valence-corrected chi connectivity index (χ2v) is 7.38. The van der Waals surface area contributed by atoms with E-state index < -0.39 is 0 Å². The maximum absolute atomic E-state index is 12.6. The summed E-state index contributed by atoms with van der Waals surface area (Å²) < 4.78 is 11.1. The van der Waals surface area contributed by atoms with Gasteiger partial charge in [0.15, 0.2) is 11.5 Å². The molecule has 3 rings (SSSR count). The van der Waals surface area contributed by atoms with E-state index >= 15 is 0 Å². The molecular weight excluding hydrogens is 351 g/mol. The fraction of sp³-hybridized carbons (Fsp3) is 0.588. The van der Waals surface area contributed by atoms with Gasteiger partial charge in [0, 0.05) is 19.1 Å². The summed E-state index contributed by atoms with van der Waals surface area (Å²) in [5, 5.41) is 0.492. The zero-order valence-electron chi connectivity index (χ0n) is 14.0. The van der Waals surface area contributed by atoms with Gasteiger partial charge >= 0.3 is 0 Å². The molecule has 5 nitrogen and oxygen atoms in total. The minimum atomic E-state index is -0.0572. The van der Waals surface area contributed by atoms with E-state index in [4.69, 9.17) is 26.8 Å². The summed E-state index contributed by atoms with van der Waals surface area (Å²) in [5.41, 5.74) is 6.92. The van der Waals surface area contributed by atoms with E-state index in [9.17, 15) is 4.79 Å². The van der Waals surface area contributed by atoms with Crippen molar-refractivity contribution >= 4 is 29.9 Å². The molecule has 0 aromatic heterocycles. The molecule has 0 saturated carbocycles. The molecule has 2 aliphatic rings. The number of hydrogen-bond donors (Lipinski definition) is 1. The van der Waals surface area contributed by atoms with Crippen LogP contribution in [0.25, 0.3) is 0 Å². The number of nitrogens with zero attached hydrogens (tertiary/aromatic N) is 1. The molecule has 1 aromatic rings. The predicted octanol–water partition coefficient (Wildman–Crippen LogP) is 2.66. The smallest absolute Gasteiger partial charge is 0.227 e. The number of likely N-dealkylation sites (tertiary alicyclic amines) is 1. The lowest BCUT2D eigenvalue weighted by atomic mass is 9.79. The van der Waals surface area contributed by atoms with E-state index in [0.29, 0.717) is 49.2 Å². The average molecular weight is 375 g/mol. The Labute approximate surface area is 153 Å². The van der Waals surface area contributed by atoms with Crippen molar-refractivity contribution in [2.24, 2.45) is 11.1 Å². The molecule has 1 unspecified atom stereocenters. The van der Waals surface area contributed by atoms with E-state index in [1.807, 2.05) is 11.0 Å². The molecule has 2 N–H and O–H groups in total. The van der Waals surface area contributed by atoms with E-state index in [0.717, 1.165) is 12.0 Å². The number of carbonyl (C=O) groups is 1. The normalized spacial score (nSPS) is 21.8. The molecule has 24 heavy (non-hydrogen) atoms. The van der Waals surface area contributed by atoms with Crippen molar-refractivity contribution < 1.29 is 14.3 Å². The lowest BCUT2D eigenvalue weighted by molar-refractivity contribution is -0.133. The molecule has 7 heteroatoms. The van der Waals surface area contributed by atoms with Crippen LogP contribution in [0.4, 0.5) is 0 Å². The number of carbonyl (C=O) groups excluding carboxylic acids is 1. The molecule has 1 aromatic carbocycles. The Balaban J connectivity index is 0.00000208. The van der Waals surface area contributed by atoms with Crippen molar-refractivity contribution in [3.05, 3.63) is 22.7 Å². The fourth-order valence-electron chi connectivity index (χ4n) is 3.14. The van der Waals surface area contributed by atoms with Gasteiger partial charge in [-0.05, 0) is 29.5 Å². The molecular formula is C17H24Cl2N2O3. The first-order valence-electron chi connectivity index (χ1n) is 7.98. The maximum Gasteiger partial charge on any atom is 0.227 e. The van der Waals surface area contributed by atoms with Crippen LogP contribution in [0.3, 0.4) is 0 Å². The Morgan fingerprint density at radius 3 is 2.79 bits per heavy atom. The first-order valence-corrected chi connectivity index (χ1v) is 8.36. The van der Waals surface area contributed by atoms with Gasteiger partial charge in [-0.3, -0.25) is 4.79 Å². The van der Waals surface area contributed by atoms with E-state index in [-0.39, 0.29) is 29.8 Å². The minimum absolute atomic E-state index is 0. The summed E-state index contributed by atoms with van der Waals surface area (Å²) in [6.07, 6.45) is 1.14. The first kappa shape index (κ1) is 19.2. The lowest BCUT2D eigenvalue weighted by Crippen LogP contribution is -2.54. The lowest BCUT2D eigenvalue weighted by Gasteiger charge is -2.42. The van der Waals surface area contributed by atoms with Crippen molar-refractivity contribution in [1.82, 2.24) is 4.90 Å². The Morgan fingerprint density at radius 1 is 1.38 bits per heavy atom. The van der Waals surface area contributed by atoms with Crippen molar-refractivity contribution in [3.8, 4) is 11.5 Å². The Morgan fingerprint density at radius 2 is 2.08 bits per heavy atom. The molecule has 0 bridgehead atoms. The maximum atomic E-state index is 12.6. The molecule has 0 spiro atoms. The second-order valence-electron chi connectivity index (χ2n) is 6.98. The first-order chi connectivity index (χ1) is 10.9. The Hall–Kier alpha value is -1.17. The highest BCUT2D eigenvalue weighted by Crippen LogP contribution is 2.38. The number of amides is 1. The molecule has 0 aliphatic carbocycles. The number of benzene rings is 1. The highest BCUT2D eigenvalue weighted by atomic mass is 35.5. The summed E-state index contributed by atoms with van der Waals surface area (Å²) in [5.74, 6) is 1.28. The summed E-state index contributed by atoms with van der Waals surface area (Å²) in [6.45, 7) is 6.61. The number of piperidine rings is 1. The average Bonchev–Trinajstić information content (AvgIpc) is 2.50. The third-order valence-corrected chi connectivity index (χ3v) is 4.96. The summed E-state index contributed by atoms with van der Waals surface area (Å²) in [4.78, 5) is 14.5. The molecule has 1 amide bonds. The summed E-state index contributed by atoms with van der Waals surface area (Å²) >= 11 is 6.23. The van der Waals surface area contributed by atoms with Gasteiger partial charge in [0.1, 0.15) is 13.2 Å². The number of fused-ring (bicyclic) bond motifs is 1. The van der Waals surface area contributed by atoms with Crippen LogP contribution in [-0.2, 0) is 11.2 Å². The zero-order valence-corrected chi connectivity index (χ0v) is 15.6. The van der Waals surface area contributed by atoms with Gasteiger partial charge < -0.3 is 20.1 Å². The largest absolute Gasteiger partial charge is 0.486 e. The molecule has 134 valence electrons. The number of rotatable bonds is 2. The SMILES string of the molecule is CC1(C)CN(C(=O)Cc2cc(Cl)c3c(c2)OCCO3)CCC1N.Cl. The van der Waals surface area contributed by atoms with Gasteiger partial charge in [-0.1, -0.05) is 25.4 Å². The van der Waals surface area contributed by atoms with Crippen LogP contribution in [0, 0.1) is 5.41 Å². The number of hydrogen-bond acceptors (Lipinski definition) is 4. The van der Waals surface area contributed by atoms with Gasteiger partial charge in [0.05, 0.1) is 11.4 Å². The number of nitrogens with two attached hydrogens (primary N) is 1. The number of halogens is 2. The Bertz CT molecular complexity index is 622. The molecule has 1 atom stereocenters. The van der Waals surface area contributed by atoms with Crippen LogP contribution in [-0.4, -0.2) is 43.2 Å². The van der Waals surface area contributed by atoms with E-state index in [2.05, 4.69) is 13.8 Å². The van der Waals surface area contributed by atoms with Gasteiger partial charge in [0.25, 0.3) is 0 Å². The molecule has 2 aliphatic heterocycles. The van der Waals surface area contributed by atoms with Gasteiger partial charge in [-0.15, -0.1) is 12.4 Å². The monoisotopic (exact) mass is 374 g/mol. The van der Waals surface area contributed by atoms with Crippen LogP contribution in [0.15, 0.2) is 12.1 Å². The minimum Gasteiger partial charge on any atom is -0.486 e. The third kappa shape index (κ3) is 3.90. The molecule has 1 fully saturated rings. The standard InChI is InChI=1S/C17H23ClN2O3.ClH/c1-17(2)10-20(4-3-14(17)19)15(21)9-11-7-12(18)16-13(8-11)22-5-6-23-16;/h7-8,14H,3-6,9-10,19H2,1-2H3;1H. The highest BCUT2D eigenvalue weighted by molar-refractivity contribution is 6.32. The number of ether oxygens (including phenoxy) is 2. The van der Waals surface area contributed by atoms with Crippen LogP contribution in [0.2, 0.25) is 5.02 Å². The zero-order chi connectivity index (χ0) is 16.6. The summed E-state index contributed by atoms with van der Waals surface area (Å²) in [6, 6.07) is 3.77. The highest BCUT2D eigenvalue weighted by Gasteiger charge is 2.35. The van der Waals surface area contributed by atoms with E-state index in [1.165, 1.54) is 0 Å². The summed E-state index contributed by atoms with van der Waals surface area (Å²) in [7, 11) is 0. The van der Waals surface area contributed by atoms with E-state index in [1.54, 1.807) is 6.07 Å². The Kier molecular flexibility index (Phi) is 5.89. The topological polar surface area (TPSA) is 64.8 Å². The van der Waals surface area contributed by atoms with Crippen molar-refractivity contribution in [3.63, 3.8) is 0 Å². The molecule has 0 radical (unpaired) electrons. The van der Waals surface area contributed by atoms with Gasteiger partial charge in [-0.2, -0.15) is 0 Å². The predicted molar refractivity (Wildman–Crippen MR) is 96.3 cm³/mol. The van der Waals surface area contributed by atoms with Crippen molar-refractivity contribution in [2.45, 2.75) is 32.7 Å². The van der Waals surface area contributed by atoms with Gasteiger partial charge in [-0.25, -0.2) is 0 Å². The quantitative estimate of drug-likeness (QED) is 0.863. The van der Waals surface area contributed by atoms with Gasteiger partial charge in [0.2, 0.25) is 5.91 Å². The third-order valence-electron chi connectivity index (χ3n) is 4.68. The molecule has 2 heterocycles. The van der Waals surface area contributed by atoms with Crippen LogP contribution < -0.4 is 15.2 Å². The van der Waals surface area contributed by atoms with Crippen molar-refractivity contribution in [2.75, 3.05) is 26.3 Å². The van der Waals surface area contributed by atoms with Crippen LogP contribution in [0.5, 0.6) is 11.5 Å². The fourth-order valence-corrected chi connectivity index (χ4v) is 3.43. The second kappa shape index (κ2) is 7.38. The van der Waals surface area contributed by atoms with Crippen LogP contribution in [0.1, 0.15) is 25.8 Å². The van der Waals surface area contributed by atoms with Crippen molar-refractivity contribution in [1.29, 1.82) is 0 Å². The van der Waals surface area contributed by atoms with Crippen LogP contribution >= 0.6 is 24.0 Å². The molecule has 1 saturated heterocycles.